The van der Waals surface area contributed by atoms with E-state index in [1.54, 1.807) is 12.1 Å². The van der Waals surface area contributed by atoms with Crippen molar-refractivity contribution in [3.8, 4) is 0 Å². The fraction of sp³-hybridized carbons (Fsp3) is 0. The second-order valence-electron chi connectivity index (χ2n) is 2.16. The lowest BCUT2D eigenvalue weighted by atomic mass is 10.4. The molecule has 7 heteroatoms. The average molecular weight is 246 g/mol. The third-order valence-electron chi connectivity index (χ3n) is 1.33. The Balaban J connectivity index is 2.88. The van der Waals surface area contributed by atoms with Gasteiger partial charge in [-0.25, -0.2) is 26.5 Å². The Hall–Kier alpha value is -1.18. The van der Waals surface area contributed by atoms with Gasteiger partial charge in [0.2, 0.25) is 0 Å². The summed E-state index contributed by atoms with van der Waals surface area (Å²) < 4.78 is 0.588. The molecule has 0 spiro atoms. The first-order valence-electron chi connectivity index (χ1n) is 3.32. The van der Waals surface area contributed by atoms with Crippen LogP contribution in [0.3, 0.4) is 0 Å². The van der Waals surface area contributed by atoms with Crippen LogP contribution in [0.2, 0.25) is 0 Å². The Labute approximate surface area is 83.0 Å². The molecular weight excluding hydrogens is 238 g/mol. The van der Waals surface area contributed by atoms with Crippen molar-refractivity contribution in [1.29, 1.82) is 0 Å². The number of halogens is 1. The molecule has 13 heavy (non-hydrogen) atoms. The van der Waals surface area contributed by atoms with Gasteiger partial charge in [0.1, 0.15) is 4.60 Å². The van der Waals surface area contributed by atoms with Gasteiger partial charge >= 0.3 is 6.03 Å². The Bertz CT molecular complexity index is 318. The van der Waals surface area contributed by atoms with E-state index in [1.807, 2.05) is 5.43 Å². The standard InChI is InChI=1S/C6H8BrN5O/c7-5-3-4(1-2-10-5)12(9)6(13)11-8/h1-3H,8-9H2,(H,11,13). The summed E-state index contributed by atoms with van der Waals surface area (Å²) in [7, 11) is 0. The summed E-state index contributed by atoms with van der Waals surface area (Å²) in [6.07, 6.45) is 1.52. The molecule has 5 N–H and O–H groups in total. The number of nitrogens with zero attached hydrogens (tertiary/aromatic N) is 2. The first-order chi connectivity index (χ1) is 6.15. The zero-order valence-corrected chi connectivity index (χ0v) is 8.15. The van der Waals surface area contributed by atoms with Gasteiger partial charge in [0, 0.05) is 6.20 Å². The van der Waals surface area contributed by atoms with Crippen molar-refractivity contribution in [2.24, 2.45) is 11.7 Å². The molecule has 6 nitrogen and oxygen atoms in total. The second-order valence-corrected chi connectivity index (χ2v) is 2.97. The number of nitrogens with two attached hydrogens (primary N) is 2. The van der Waals surface area contributed by atoms with Gasteiger partial charge in [-0.15, -0.1) is 0 Å². The molecule has 70 valence electrons. The van der Waals surface area contributed by atoms with Gasteiger partial charge in [0.15, 0.2) is 0 Å². The lowest BCUT2D eigenvalue weighted by Crippen LogP contribution is -2.47. The minimum atomic E-state index is -0.599. The summed E-state index contributed by atoms with van der Waals surface area (Å²) in [5.41, 5.74) is 2.40. The average Bonchev–Trinajstić information content (AvgIpc) is 2.15. The first-order valence-corrected chi connectivity index (χ1v) is 4.11. The molecule has 0 atom stereocenters. The maximum Gasteiger partial charge on any atom is 0.350 e. The molecule has 0 aliphatic carbocycles. The molecule has 0 unspecified atom stereocenters. The van der Waals surface area contributed by atoms with Crippen LogP contribution in [0, 0.1) is 0 Å². The molecule has 1 aromatic rings. The lowest BCUT2D eigenvalue weighted by molar-refractivity contribution is 0.246. The first kappa shape index (κ1) is 9.90. The molecule has 0 bridgehead atoms. The number of amides is 2. The smallest absolute Gasteiger partial charge is 0.274 e. The molecule has 0 aliphatic heterocycles. The topological polar surface area (TPSA) is 97.3 Å². The number of urea groups is 1. The highest BCUT2D eigenvalue weighted by Gasteiger charge is 2.09. The third kappa shape index (κ3) is 2.38. The van der Waals surface area contributed by atoms with Crippen molar-refractivity contribution >= 4 is 27.6 Å². The van der Waals surface area contributed by atoms with Crippen molar-refractivity contribution in [3.63, 3.8) is 0 Å². The normalized spacial score (nSPS) is 9.46. The number of rotatable bonds is 1. The highest BCUT2D eigenvalue weighted by atomic mass is 79.9. The molecule has 0 fully saturated rings. The van der Waals surface area contributed by atoms with Crippen molar-refractivity contribution in [1.82, 2.24) is 10.4 Å². The van der Waals surface area contributed by atoms with Crippen LogP contribution in [0.25, 0.3) is 0 Å². The van der Waals surface area contributed by atoms with E-state index in [1.165, 1.54) is 6.20 Å². The molecule has 0 aromatic carbocycles. The fourth-order valence-electron chi connectivity index (χ4n) is 0.729. The fourth-order valence-corrected chi connectivity index (χ4v) is 1.08. The maximum absolute atomic E-state index is 11.0. The van der Waals surface area contributed by atoms with Crippen LogP contribution in [0.1, 0.15) is 0 Å². The van der Waals surface area contributed by atoms with Crippen molar-refractivity contribution in [2.45, 2.75) is 0 Å². The summed E-state index contributed by atoms with van der Waals surface area (Å²) in [6.45, 7) is 0. The van der Waals surface area contributed by atoms with Gasteiger partial charge in [-0.3, -0.25) is 5.43 Å². The molecule has 1 aromatic heterocycles. The van der Waals surface area contributed by atoms with E-state index in [4.69, 9.17) is 11.7 Å². The minimum absolute atomic E-state index is 0.491. The summed E-state index contributed by atoms with van der Waals surface area (Å²) in [6, 6.07) is 2.58. The molecule has 0 aliphatic rings. The Morgan fingerprint density at radius 1 is 1.69 bits per heavy atom. The van der Waals surface area contributed by atoms with E-state index in [0.29, 0.717) is 10.3 Å². The quantitative estimate of drug-likeness (QED) is 0.283. The van der Waals surface area contributed by atoms with Crippen LogP contribution < -0.4 is 22.1 Å². The zero-order chi connectivity index (χ0) is 9.84. The number of carbonyl (C=O) groups is 1. The number of carbonyl (C=O) groups excluding carboxylic acids is 1. The maximum atomic E-state index is 11.0. The van der Waals surface area contributed by atoms with Gasteiger partial charge in [-0.05, 0) is 28.1 Å². The van der Waals surface area contributed by atoms with Gasteiger partial charge in [0.05, 0.1) is 5.69 Å². The summed E-state index contributed by atoms with van der Waals surface area (Å²) in [4.78, 5) is 14.8. The predicted octanol–water partition coefficient (Wildman–Crippen LogP) is 0.108. The number of anilines is 1. The third-order valence-corrected chi connectivity index (χ3v) is 1.76. The van der Waals surface area contributed by atoms with Crippen LogP contribution in [-0.2, 0) is 0 Å². The van der Waals surface area contributed by atoms with Crippen LogP contribution in [0.5, 0.6) is 0 Å². The van der Waals surface area contributed by atoms with Crippen molar-refractivity contribution in [2.75, 3.05) is 5.01 Å². The van der Waals surface area contributed by atoms with Crippen LogP contribution in [-0.4, -0.2) is 11.0 Å². The summed E-state index contributed by atoms with van der Waals surface area (Å²) >= 11 is 3.15. The number of hydrogen-bond acceptors (Lipinski definition) is 4. The van der Waals surface area contributed by atoms with Gasteiger partial charge in [-0.2, -0.15) is 0 Å². The Kier molecular flexibility index (Phi) is 3.18. The van der Waals surface area contributed by atoms with Crippen LogP contribution >= 0.6 is 15.9 Å². The van der Waals surface area contributed by atoms with E-state index in [-0.39, 0.29) is 0 Å². The summed E-state index contributed by atoms with van der Waals surface area (Å²) in [5, 5.41) is 0.881. The number of aromatic nitrogens is 1. The van der Waals surface area contributed by atoms with Gasteiger partial charge in [-0.1, -0.05) is 0 Å². The molecule has 1 rings (SSSR count). The van der Waals surface area contributed by atoms with Crippen LogP contribution in [0.15, 0.2) is 22.9 Å². The van der Waals surface area contributed by atoms with E-state index < -0.39 is 6.03 Å². The van der Waals surface area contributed by atoms with Gasteiger partial charge < -0.3 is 0 Å². The van der Waals surface area contributed by atoms with E-state index >= 15 is 0 Å². The predicted molar refractivity (Wildman–Crippen MR) is 51.3 cm³/mol. The molecule has 0 saturated heterocycles. The number of hydrogen-bond donors (Lipinski definition) is 3. The number of nitrogens with one attached hydrogen (secondary N) is 1. The second kappa shape index (κ2) is 4.17. The zero-order valence-electron chi connectivity index (χ0n) is 6.57. The highest BCUT2D eigenvalue weighted by Crippen LogP contribution is 2.14. The largest absolute Gasteiger partial charge is 0.350 e. The summed E-state index contributed by atoms with van der Waals surface area (Å²) in [5.74, 6) is 10.3. The monoisotopic (exact) mass is 245 g/mol. The lowest BCUT2D eigenvalue weighted by Gasteiger charge is -2.15. The van der Waals surface area contributed by atoms with E-state index in [0.717, 1.165) is 5.01 Å². The number of pyridine rings is 1. The minimum Gasteiger partial charge on any atom is -0.274 e. The molecule has 1 heterocycles. The van der Waals surface area contributed by atoms with Crippen molar-refractivity contribution < 1.29 is 4.79 Å². The van der Waals surface area contributed by atoms with E-state index in [9.17, 15) is 4.79 Å². The van der Waals surface area contributed by atoms with Crippen molar-refractivity contribution in [3.05, 3.63) is 22.9 Å². The van der Waals surface area contributed by atoms with Crippen LogP contribution in [0.4, 0.5) is 10.5 Å². The SMILES string of the molecule is NNC(=O)N(N)c1ccnc(Br)c1. The Morgan fingerprint density at radius 2 is 2.38 bits per heavy atom. The molecule has 0 radical (unpaired) electrons. The van der Waals surface area contributed by atoms with E-state index in [2.05, 4.69) is 20.9 Å². The molecule has 0 saturated carbocycles. The van der Waals surface area contributed by atoms with Gasteiger partial charge in [0.25, 0.3) is 0 Å². The number of hydrazine groups is 2. The Morgan fingerprint density at radius 3 is 2.92 bits per heavy atom. The highest BCUT2D eigenvalue weighted by molar-refractivity contribution is 9.10. The molecular formula is C6H8BrN5O. The molecule has 2 amide bonds.